The van der Waals surface area contributed by atoms with Gasteiger partial charge in [0.05, 0.1) is 29.9 Å². The predicted molar refractivity (Wildman–Crippen MR) is 300 cm³/mol. The number of quaternary nitrogens is 2. The van der Waals surface area contributed by atoms with E-state index < -0.39 is 71.7 Å². The molecule has 8 amide bonds. The maximum absolute atomic E-state index is 15.0. The molecule has 1 aromatic heterocycles. The lowest BCUT2D eigenvalue weighted by Crippen LogP contribution is -2.57. The summed E-state index contributed by atoms with van der Waals surface area (Å²) in [6.07, 6.45) is 7.11. The highest BCUT2D eigenvalue weighted by molar-refractivity contribution is 6.04. The molecule has 0 radical (unpaired) electrons. The van der Waals surface area contributed by atoms with E-state index >= 15 is 0 Å². The van der Waals surface area contributed by atoms with Crippen molar-refractivity contribution in [3.63, 3.8) is 0 Å². The molecule has 4 aromatic carbocycles. The van der Waals surface area contributed by atoms with Crippen LogP contribution in [-0.2, 0) is 52.8 Å². The van der Waals surface area contributed by atoms with E-state index in [1.807, 2.05) is 104 Å². The Labute approximate surface area is 461 Å². The number of carbonyl (C=O) groups excluding carboxylic acids is 8. The van der Waals surface area contributed by atoms with Gasteiger partial charge >= 0.3 is 0 Å². The Hall–Kier alpha value is -8.03. The maximum Gasteiger partial charge on any atom is 0.253 e. The molecule has 0 spiro atoms. The molecule has 418 valence electrons. The normalized spacial score (nSPS) is 16.7. The Bertz CT molecular complexity index is 2970. The first-order valence-corrected chi connectivity index (χ1v) is 27.8. The minimum absolute atomic E-state index is 0.0274. The topological polar surface area (TPSA) is 283 Å². The first kappa shape index (κ1) is 58.6. The minimum atomic E-state index is -1.21. The molecule has 7 rings (SSSR count). The number of amides is 8. The SMILES string of the molecule is CCc1nc2cc3ccccc3cc2cc1C(=O)N[C@@H](C/C=C/CC(NC(C)=O)C(=O)N1CCC[C@H]1C(=O)N[C@@H](Cc1ccccc1)C(=O)NCCC[NH3+])C(=O)N1CCC[C@H]1C(=O)N[C@@H](Cc1ccccc1)C(=O)NCCC[NH3+]. The predicted octanol–water partition coefficient (Wildman–Crippen LogP) is 1.82. The number of nitrogens with zero attached hydrogens (tertiary/aromatic N) is 3. The van der Waals surface area contributed by atoms with Crippen molar-refractivity contribution in [1.29, 1.82) is 0 Å². The van der Waals surface area contributed by atoms with Gasteiger partial charge in [-0.25, -0.2) is 0 Å². The van der Waals surface area contributed by atoms with E-state index in [4.69, 9.17) is 4.98 Å². The van der Waals surface area contributed by atoms with E-state index in [2.05, 4.69) is 43.4 Å². The fourth-order valence-corrected chi connectivity index (χ4v) is 10.3. The van der Waals surface area contributed by atoms with Crippen LogP contribution in [0.4, 0.5) is 0 Å². The summed E-state index contributed by atoms with van der Waals surface area (Å²) in [6, 6.07) is 26.3. The van der Waals surface area contributed by atoms with Gasteiger partial charge in [-0.3, -0.25) is 43.3 Å². The maximum atomic E-state index is 15.0. The molecule has 19 nitrogen and oxygen atoms in total. The molecule has 12 N–H and O–H groups in total. The molecule has 79 heavy (non-hydrogen) atoms. The summed E-state index contributed by atoms with van der Waals surface area (Å²) in [5.74, 6) is -3.71. The molecular formula is C60H77N11O8+2. The quantitative estimate of drug-likeness (QED) is 0.0228. The molecule has 0 saturated carbocycles. The van der Waals surface area contributed by atoms with Crippen LogP contribution in [0, 0.1) is 0 Å². The standard InChI is InChI=1S/C60H75N11O8/c1-3-46-45(37-44-36-42-22-10-11-23-43(42)38-49(44)66-46)54(73)67-48(60(79)71-33-15-27-53(71)58(77)69-51(56(75)64-31-17-29-62)35-41-20-8-5-9-21-41)25-13-12-24-47(65-39(2)72)59(78)70-32-14-26-52(70)57(76)68-50(55(74)63-30-16-28-61)34-40-18-6-4-7-19-40/h4-13,18-23,36-38,47-48,50-53H,3,14-17,24-35,61-62H2,1-2H3,(H,63,74)(H,64,75)(H,65,72)(H,67,73)(H,68,76)(H,69,77)/p+2/b13-12+/t47?,48-,50-,51-,52-,53-/m0/s1. The van der Waals surface area contributed by atoms with Gasteiger partial charge in [-0.1, -0.05) is 104 Å². The van der Waals surface area contributed by atoms with Crippen molar-refractivity contribution in [1.82, 2.24) is 46.7 Å². The third-order valence-electron chi connectivity index (χ3n) is 14.5. The number of aryl methyl sites for hydroxylation is 1. The summed E-state index contributed by atoms with van der Waals surface area (Å²) in [5.41, 5.74) is 10.9. The molecule has 5 aromatic rings. The van der Waals surface area contributed by atoms with Gasteiger partial charge in [0, 0.05) is 64.2 Å². The number of carbonyl (C=O) groups is 8. The summed E-state index contributed by atoms with van der Waals surface area (Å²) in [4.78, 5) is 120. The lowest BCUT2D eigenvalue weighted by atomic mass is 10.0. The van der Waals surface area contributed by atoms with Crippen LogP contribution >= 0.6 is 0 Å². The second-order valence-electron chi connectivity index (χ2n) is 20.3. The molecule has 2 aliphatic rings. The zero-order valence-corrected chi connectivity index (χ0v) is 45.5. The number of hydrogen-bond donors (Lipinski definition) is 8. The Morgan fingerprint density at radius 2 is 1.06 bits per heavy atom. The molecule has 2 aliphatic heterocycles. The van der Waals surface area contributed by atoms with Crippen LogP contribution in [0.15, 0.2) is 115 Å². The number of fused-ring (bicyclic) bond motifs is 2. The summed E-state index contributed by atoms with van der Waals surface area (Å²) in [5, 5.41) is 20.1. The average Bonchev–Trinajstić information content (AvgIpc) is 4.19. The Kier molecular flexibility index (Phi) is 21.6. The van der Waals surface area contributed by atoms with Crippen LogP contribution in [0.25, 0.3) is 21.7 Å². The van der Waals surface area contributed by atoms with Crippen LogP contribution in [0.2, 0.25) is 0 Å². The van der Waals surface area contributed by atoms with Crippen molar-refractivity contribution in [2.45, 2.75) is 121 Å². The number of hydrogen-bond acceptors (Lipinski definition) is 9. The third-order valence-corrected chi connectivity index (χ3v) is 14.5. The number of aromatic nitrogens is 1. The Morgan fingerprint density at radius 3 is 1.53 bits per heavy atom. The molecule has 3 heterocycles. The van der Waals surface area contributed by atoms with Gasteiger partial charge < -0.3 is 53.2 Å². The van der Waals surface area contributed by atoms with Gasteiger partial charge in [-0.05, 0) is 85.0 Å². The fraction of sp³-hybridized carbons (Fsp3) is 0.417. The second-order valence-corrected chi connectivity index (χ2v) is 20.3. The molecular weight excluding hydrogens is 1000 g/mol. The van der Waals surface area contributed by atoms with Gasteiger partial charge in [0.25, 0.3) is 5.91 Å². The summed E-state index contributed by atoms with van der Waals surface area (Å²) in [6.45, 7) is 5.70. The largest absolute Gasteiger partial charge is 0.358 e. The van der Waals surface area contributed by atoms with Crippen molar-refractivity contribution in [2.75, 3.05) is 39.3 Å². The minimum Gasteiger partial charge on any atom is -0.358 e. The van der Waals surface area contributed by atoms with E-state index in [0.29, 0.717) is 76.8 Å². The summed E-state index contributed by atoms with van der Waals surface area (Å²) in [7, 11) is 0. The van der Waals surface area contributed by atoms with E-state index in [1.54, 1.807) is 18.2 Å². The Morgan fingerprint density at radius 1 is 0.595 bits per heavy atom. The number of nitrogens with one attached hydrogen (secondary N) is 6. The molecule has 6 atom stereocenters. The van der Waals surface area contributed by atoms with Crippen molar-refractivity contribution in [3.05, 3.63) is 138 Å². The van der Waals surface area contributed by atoms with Gasteiger partial charge in [-0.15, -0.1) is 0 Å². The van der Waals surface area contributed by atoms with Gasteiger partial charge in [-0.2, -0.15) is 0 Å². The van der Waals surface area contributed by atoms with Gasteiger partial charge in [0.2, 0.25) is 41.4 Å². The van der Waals surface area contributed by atoms with Crippen LogP contribution in [0.5, 0.6) is 0 Å². The van der Waals surface area contributed by atoms with Crippen molar-refractivity contribution in [2.24, 2.45) is 0 Å². The van der Waals surface area contributed by atoms with Crippen molar-refractivity contribution in [3.8, 4) is 0 Å². The average molecular weight is 1080 g/mol. The molecule has 2 fully saturated rings. The van der Waals surface area contributed by atoms with Gasteiger partial charge in [0.1, 0.15) is 36.3 Å². The van der Waals surface area contributed by atoms with Crippen LogP contribution < -0.4 is 43.4 Å². The lowest BCUT2D eigenvalue weighted by Gasteiger charge is -2.30. The van der Waals surface area contributed by atoms with E-state index in [-0.39, 0.29) is 56.2 Å². The van der Waals surface area contributed by atoms with Crippen LogP contribution in [0.3, 0.4) is 0 Å². The molecule has 19 heteroatoms. The fourth-order valence-electron chi connectivity index (χ4n) is 10.3. The zero-order chi connectivity index (χ0) is 56.3. The van der Waals surface area contributed by atoms with E-state index in [9.17, 15) is 38.4 Å². The van der Waals surface area contributed by atoms with Crippen LogP contribution in [0.1, 0.15) is 92.4 Å². The lowest BCUT2D eigenvalue weighted by molar-refractivity contribution is -0.368. The molecule has 2 saturated heterocycles. The first-order valence-electron chi connectivity index (χ1n) is 27.8. The van der Waals surface area contributed by atoms with Crippen molar-refractivity contribution >= 4 is 68.9 Å². The van der Waals surface area contributed by atoms with E-state index in [0.717, 1.165) is 32.8 Å². The number of benzene rings is 4. The Balaban J connectivity index is 1.11. The summed E-state index contributed by atoms with van der Waals surface area (Å²) >= 11 is 0. The summed E-state index contributed by atoms with van der Waals surface area (Å²) < 4.78 is 0. The van der Waals surface area contributed by atoms with Gasteiger partial charge in [0.15, 0.2) is 0 Å². The molecule has 0 bridgehead atoms. The number of likely N-dealkylation sites (tertiary alicyclic amines) is 2. The first-order chi connectivity index (χ1) is 38.3. The smallest absolute Gasteiger partial charge is 0.253 e. The highest BCUT2D eigenvalue weighted by Gasteiger charge is 2.41. The number of rotatable bonds is 26. The highest BCUT2D eigenvalue weighted by atomic mass is 16.2. The third kappa shape index (κ3) is 16.0. The van der Waals surface area contributed by atoms with Crippen LogP contribution in [-0.4, -0.2) is 138 Å². The second kappa shape index (κ2) is 29.1. The van der Waals surface area contributed by atoms with Crippen molar-refractivity contribution < 1.29 is 49.8 Å². The zero-order valence-electron chi connectivity index (χ0n) is 45.5. The monoisotopic (exact) mass is 1080 g/mol. The molecule has 0 aliphatic carbocycles. The highest BCUT2D eigenvalue weighted by Crippen LogP contribution is 2.26. The van der Waals surface area contributed by atoms with E-state index in [1.165, 1.54) is 16.7 Å². The number of pyridine rings is 1. The molecule has 1 unspecified atom stereocenters.